The molecule has 1 saturated carbocycles. The summed E-state index contributed by atoms with van der Waals surface area (Å²) < 4.78 is 0. The van der Waals surface area contributed by atoms with Gasteiger partial charge >= 0.3 is 0 Å². The summed E-state index contributed by atoms with van der Waals surface area (Å²) in [6, 6.07) is 4.02. The summed E-state index contributed by atoms with van der Waals surface area (Å²) in [5.74, 6) is 1.08. The highest BCUT2D eigenvalue weighted by Crippen LogP contribution is 2.46. The minimum Gasteiger partial charge on any atom is -0.396 e. The highest BCUT2D eigenvalue weighted by Gasteiger charge is 2.37. The Labute approximate surface area is 65.9 Å². The quantitative estimate of drug-likeness (QED) is 0.684. The van der Waals surface area contributed by atoms with E-state index >= 15 is 0 Å². The molecule has 0 radical (unpaired) electrons. The highest BCUT2D eigenvalue weighted by atomic mass is 16.3. The molecule has 2 atom stereocenters. The van der Waals surface area contributed by atoms with E-state index in [0.29, 0.717) is 18.4 Å². The zero-order valence-electron chi connectivity index (χ0n) is 6.27. The molecular formula is C9H11NO. The fourth-order valence-corrected chi connectivity index (χ4v) is 1.45. The smallest absolute Gasteiger partial charge is 0.0465 e. The standard InChI is InChI=1S/C9H11NO/c11-6-8-4-9(8)7-2-1-3-10-5-7/h1-3,5,8-9,11H,4,6H2. The molecule has 1 aromatic rings. The highest BCUT2D eigenvalue weighted by molar-refractivity contribution is 5.21. The van der Waals surface area contributed by atoms with Gasteiger partial charge in [0.05, 0.1) is 0 Å². The second kappa shape index (κ2) is 2.62. The van der Waals surface area contributed by atoms with E-state index in [1.165, 1.54) is 5.56 Å². The second-order valence-electron chi connectivity index (χ2n) is 3.07. The molecule has 0 amide bonds. The van der Waals surface area contributed by atoms with Crippen LogP contribution in [0.15, 0.2) is 24.5 Å². The van der Waals surface area contributed by atoms with Crippen LogP contribution < -0.4 is 0 Å². The number of hydrogen-bond donors (Lipinski definition) is 1. The summed E-state index contributed by atoms with van der Waals surface area (Å²) in [4.78, 5) is 4.03. The predicted octanol–water partition coefficient (Wildman–Crippen LogP) is 1.18. The lowest BCUT2D eigenvalue weighted by molar-refractivity contribution is 0.274. The Morgan fingerprint density at radius 3 is 3.09 bits per heavy atom. The van der Waals surface area contributed by atoms with Crippen molar-refractivity contribution in [1.29, 1.82) is 0 Å². The van der Waals surface area contributed by atoms with Crippen LogP contribution in [0.1, 0.15) is 17.9 Å². The molecule has 2 heteroatoms. The van der Waals surface area contributed by atoms with E-state index in [9.17, 15) is 0 Å². The van der Waals surface area contributed by atoms with Gasteiger partial charge in [0.1, 0.15) is 0 Å². The van der Waals surface area contributed by atoms with Crippen LogP contribution in [0.4, 0.5) is 0 Å². The summed E-state index contributed by atoms with van der Waals surface area (Å²) in [5, 5.41) is 8.82. The molecule has 2 rings (SSSR count). The summed E-state index contributed by atoms with van der Waals surface area (Å²) in [6.45, 7) is 0.319. The van der Waals surface area contributed by atoms with Gasteiger partial charge in [-0.2, -0.15) is 0 Å². The zero-order valence-corrected chi connectivity index (χ0v) is 6.27. The van der Waals surface area contributed by atoms with Gasteiger partial charge in [0.15, 0.2) is 0 Å². The molecule has 0 saturated heterocycles. The van der Waals surface area contributed by atoms with Crippen LogP contribution in [-0.4, -0.2) is 16.7 Å². The van der Waals surface area contributed by atoms with E-state index in [1.54, 1.807) is 6.20 Å². The van der Waals surface area contributed by atoms with E-state index in [1.807, 2.05) is 12.3 Å². The average Bonchev–Trinajstić information content (AvgIpc) is 2.85. The molecule has 0 aromatic carbocycles. The minimum atomic E-state index is 0.319. The Hall–Kier alpha value is -0.890. The second-order valence-corrected chi connectivity index (χ2v) is 3.07. The molecule has 1 heterocycles. The first-order valence-corrected chi connectivity index (χ1v) is 3.92. The van der Waals surface area contributed by atoms with Crippen molar-refractivity contribution in [2.24, 2.45) is 5.92 Å². The summed E-state index contributed by atoms with van der Waals surface area (Å²) in [5.41, 5.74) is 1.27. The van der Waals surface area contributed by atoms with Crippen molar-refractivity contribution in [1.82, 2.24) is 4.98 Å². The van der Waals surface area contributed by atoms with E-state index in [0.717, 1.165) is 6.42 Å². The average molecular weight is 149 g/mol. The molecule has 0 aliphatic heterocycles. The summed E-state index contributed by atoms with van der Waals surface area (Å²) in [6.07, 6.45) is 4.79. The van der Waals surface area contributed by atoms with Gasteiger partial charge in [-0.15, -0.1) is 0 Å². The summed E-state index contributed by atoms with van der Waals surface area (Å²) >= 11 is 0. The van der Waals surface area contributed by atoms with Gasteiger partial charge in [-0.1, -0.05) is 6.07 Å². The predicted molar refractivity (Wildman–Crippen MR) is 42.2 cm³/mol. The van der Waals surface area contributed by atoms with E-state index in [-0.39, 0.29) is 0 Å². The van der Waals surface area contributed by atoms with Crippen molar-refractivity contribution in [3.05, 3.63) is 30.1 Å². The van der Waals surface area contributed by atoms with Gasteiger partial charge in [0.2, 0.25) is 0 Å². The Morgan fingerprint density at radius 2 is 2.55 bits per heavy atom. The molecule has 0 spiro atoms. The molecule has 1 aliphatic rings. The third-order valence-electron chi connectivity index (χ3n) is 2.27. The third-order valence-corrected chi connectivity index (χ3v) is 2.27. The molecule has 1 N–H and O–H groups in total. The number of aliphatic hydroxyl groups is 1. The maximum Gasteiger partial charge on any atom is 0.0465 e. The lowest BCUT2D eigenvalue weighted by Crippen LogP contribution is -1.88. The molecule has 1 aliphatic carbocycles. The van der Waals surface area contributed by atoms with E-state index in [2.05, 4.69) is 11.1 Å². The van der Waals surface area contributed by atoms with Crippen molar-refractivity contribution in [3.8, 4) is 0 Å². The van der Waals surface area contributed by atoms with Gasteiger partial charge in [-0.3, -0.25) is 4.98 Å². The molecule has 11 heavy (non-hydrogen) atoms. The van der Waals surface area contributed by atoms with Gasteiger partial charge in [-0.05, 0) is 29.9 Å². The van der Waals surface area contributed by atoms with Crippen LogP contribution in [0, 0.1) is 5.92 Å². The first kappa shape index (κ1) is 6.80. The Balaban J connectivity index is 2.09. The summed E-state index contributed by atoms with van der Waals surface area (Å²) in [7, 11) is 0. The topological polar surface area (TPSA) is 33.1 Å². The monoisotopic (exact) mass is 149 g/mol. The zero-order chi connectivity index (χ0) is 7.68. The minimum absolute atomic E-state index is 0.319. The molecular weight excluding hydrogens is 138 g/mol. The molecule has 1 fully saturated rings. The van der Waals surface area contributed by atoms with E-state index in [4.69, 9.17) is 5.11 Å². The Morgan fingerprint density at radius 1 is 1.64 bits per heavy atom. The van der Waals surface area contributed by atoms with Gasteiger partial charge in [0, 0.05) is 19.0 Å². The number of aliphatic hydroxyl groups excluding tert-OH is 1. The van der Waals surface area contributed by atoms with Crippen LogP contribution in [0.2, 0.25) is 0 Å². The number of aromatic nitrogens is 1. The normalized spacial score (nSPS) is 28.5. The van der Waals surface area contributed by atoms with Crippen LogP contribution >= 0.6 is 0 Å². The largest absolute Gasteiger partial charge is 0.396 e. The fraction of sp³-hybridized carbons (Fsp3) is 0.444. The number of hydrogen-bond acceptors (Lipinski definition) is 2. The molecule has 1 aromatic heterocycles. The van der Waals surface area contributed by atoms with Crippen molar-refractivity contribution in [2.75, 3.05) is 6.61 Å². The SMILES string of the molecule is OCC1CC1c1cccnc1. The first-order valence-electron chi connectivity index (χ1n) is 3.92. The molecule has 0 bridgehead atoms. The Kier molecular flexibility index (Phi) is 1.62. The number of pyridine rings is 1. The van der Waals surface area contributed by atoms with Gasteiger partial charge < -0.3 is 5.11 Å². The van der Waals surface area contributed by atoms with Crippen molar-refractivity contribution >= 4 is 0 Å². The van der Waals surface area contributed by atoms with Crippen LogP contribution in [0.25, 0.3) is 0 Å². The fourth-order valence-electron chi connectivity index (χ4n) is 1.45. The van der Waals surface area contributed by atoms with Gasteiger partial charge in [0.25, 0.3) is 0 Å². The number of nitrogens with zero attached hydrogens (tertiary/aromatic N) is 1. The molecule has 2 nitrogen and oxygen atoms in total. The first-order chi connectivity index (χ1) is 5.42. The molecule has 58 valence electrons. The van der Waals surface area contributed by atoms with Crippen molar-refractivity contribution < 1.29 is 5.11 Å². The van der Waals surface area contributed by atoms with Crippen molar-refractivity contribution in [2.45, 2.75) is 12.3 Å². The molecule has 2 unspecified atom stereocenters. The maximum absolute atomic E-state index is 8.82. The number of rotatable bonds is 2. The lowest BCUT2D eigenvalue weighted by atomic mass is 10.1. The van der Waals surface area contributed by atoms with Crippen LogP contribution in [0.5, 0.6) is 0 Å². The Bertz CT molecular complexity index is 235. The lowest BCUT2D eigenvalue weighted by Gasteiger charge is -1.95. The van der Waals surface area contributed by atoms with Crippen molar-refractivity contribution in [3.63, 3.8) is 0 Å². The van der Waals surface area contributed by atoms with E-state index < -0.39 is 0 Å². The van der Waals surface area contributed by atoms with Crippen LogP contribution in [0.3, 0.4) is 0 Å². The van der Waals surface area contributed by atoms with Crippen LogP contribution in [-0.2, 0) is 0 Å². The third kappa shape index (κ3) is 1.26. The van der Waals surface area contributed by atoms with Gasteiger partial charge in [-0.25, -0.2) is 0 Å². The maximum atomic E-state index is 8.82.